The van der Waals surface area contributed by atoms with Crippen LogP contribution in [0.2, 0.25) is 0 Å². The van der Waals surface area contributed by atoms with Gasteiger partial charge in [-0.25, -0.2) is 0 Å². The van der Waals surface area contributed by atoms with Crippen molar-refractivity contribution in [1.29, 1.82) is 0 Å². The van der Waals surface area contributed by atoms with E-state index in [1.54, 1.807) is 11.0 Å². The van der Waals surface area contributed by atoms with Gasteiger partial charge in [-0.3, -0.25) is 9.59 Å². The molecule has 0 aromatic heterocycles. The fraction of sp³-hybridized carbons (Fsp3) is 0.455. The van der Waals surface area contributed by atoms with Crippen LogP contribution in [0.4, 0.5) is 0 Å². The predicted octanol–water partition coefficient (Wildman–Crippen LogP) is 1.54. The number of nitrogens with zero attached hydrogens (tertiary/aromatic N) is 1. The first-order chi connectivity index (χ1) is 7.11. The van der Waals surface area contributed by atoms with E-state index in [4.69, 9.17) is 5.11 Å². The summed E-state index contributed by atoms with van der Waals surface area (Å²) < 4.78 is 0. The number of carboxylic acids is 1. The minimum Gasteiger partial charge on any atom is -0.481 e. The summed E-state index contributed by atoms with van der Waals surface area (Å²) in [7, 11) is 0. The first-order valence-electron chi connectivity index (χ1n) is 5.01. The first kappa shape index (κ1) is 11.5. The zero-order valence-electron chi connectivity index (χ0n) is 8.61. The van der Waals surface area contributed by atoms with Gasteiger partial charge < -0.3 is 10.0 Å². The lowest BCUT2D eigenvalue weighted by atomic mass is 10.2. The summed E-state index contributed by atoms with van der Waals surface area (Å²) in [5, 5.41) is 8.42. The molecule has 0 spiro atoms. The molecule has 1 rings (SSSR count). The van der Waals surface area contributed by atoms with E-state index >= 15 is 0 Å². The number of hydrogen-bond acceptors (Lipinski definition) is 2. The van der Waals surface area contributed by atoms with Crippen molar-refractivity contribution in [2.24, 2.45) is 0 Å². The smallest absolute Gasteiger partial charge is 0.303 e. The molecule has 0 fully saturated rings. The predicted molar refractivity (Wildman–Crippen MR) is 56.1 cm³/mol. The van der Waals surface area contributed by atoms with Crippen molar-refractivity contribution in [1.82, 2.24) is 4.90 Å². The summed E-state index contributed by atoms with van der Waals surface area (Å²) in [5.41, 5.74) is 0.721. The maximum atomic E-state index is 11.2. The number of allylic oxidation sites excluding steroid dienone is 1. The molecule has 1 amide bonds. The fourth-order valence-electron chi connectivity index (χ4n) is 1.47. The molecular weight excluding hydrogens is 194 g/mol. The Kier molecular flexibility index (Phi) is 4.09. The SMILES string of the molecule is C=C1C=CC(=O)N1CCCCCC(=O)O. The third kappa shape index (κ3) is 3.58. The van der Waals surface area contributed by atoms with Gasteiger partial charge in [-0.15, -0.1) is 0 Å². The second-order valence-electron chi connectivity index (χ2n) is 3.52. The number of unbranched alkanes of at least 4 members (excludes halogenated alkanes) is 2. The van der Waals surface area contributed by atoms with Crippen LogP contribution in [0.15, 0.2) is 24.4 Å². The minimum atomic E-state index is -0.765. The third-order valence-corrected chi connectivity index (χ3v) is 2.30. The highest BCUT2D eigenvalue weighted by atomic mass is 16.4. The third-order valence-electron chi connectivity index (χ3n) is 2.30. The van der Waals surface area contributed by atoms with Gasteiger partial charge in [0.1, 0.15) is 0 Å². The number of amides is 1. The van der Waals surface area contributed by atoms with E-state index in [9.17, 15) is 9.59 Å². The Hall–Kier alpha value is -1.58. The average Bonchev–Trinajstić information content (AvgIpc) is 2.47. The lowest BCUT2D eigenvalue weighted by molar-refractivity contribution is -0.137. The zero-order valence-corrected chi connectivity index (χ0v) is 8.61. The molecule has 1 N–H and O–H groups in total. The number of hydrogen-bond donors (Lipinski definition) is 1. The Morgan fingerprint density at radius 1 is 1.33 bits per heavy atom. The highest BCUT2D eigenvalue weighted by molar-refractivity contribution is 5.92. The van der Waals surface area contributed by atoms with Crippen molar-refractivity contribution in [3.63, 3.8) is 0 Å². The molecule has 0 aliphatic carbocycles. The Morgan fingerprint density at radius 2 is 2.07 bits per heavy atom. The van der Waals surface area contributed by atoms with Crippen molar-refractivity contribution < 1.29 is 14.7 Å². The van der Waals surface area contributed by atoms with E-state index in [1.165, 1.54) is 6.08 Å². The molecule has 1 heterocycles. The summed E-state index contributed by atoms with van der Waals surface area (Å²) in [6, 6.07) is 0. The molecule has 15 heavy (non-hydrogen) atoms. The molecule has 4 heteroatoms. The molecular formula is C11H15NO3. The van der Waals surface area contributed by atoms with Crippen molar-refractivity contribution in [3.05, 3.63) is 24.4 Å². The van der Waals surface area contributed by atoms with E-state index in [2.05, 4.69) is 6.58 Å². The number of carbonyl (C=O) groups excluding carboxylic acids is 1. The molecule has 4 nitrogen and oxygen atoms in total. The van der Waals surface area contributed by atoms with Crippen LogP contribution in [0.1, 0.15) is 25.7 Å². The highest BCUT2D eigenvalue weighted by Crippen LogP contribution is 2.14. The van der Waals surface area contributed by atoms with Gasteiger partial charge in [-0.1, -0.05) is 13.0 Å². The number of rotatable bonds is 6. The van der Waals surface area contributed by atoms with E-state index in [0.717, 1.165) is 18.5 Å². The summed E-state index contributed by atoms with van der Waals surface area (Å²) in [4.78, 5) is 23.1. The molecule has 0 aromatic carbocycles. The normalized spacial score (nSPS) is 15.1. The topological polar surface area (TPSA) is 57.6 Å². The minimum absolute atomic E-state index is 0.0294. The lowest BCUT2D eigenvalue weighted by Crippen LogP contribution is -2.24. The molecule has 0 bridgehead atoms. The molecule has 0 radical (unpaired) electrons. The van der Waals surface area contributed by atoms with E-state index < -0.39 is 5.97 Å². The van der Waals surface area contributed by atoms with Gasteiger partial charge in [0.05, 0.1) is 0 Å². The van der Waals surface area contributed by atoms with Crippen LogP contribution >= 0.6 is 0 Å². The van der Waals surface area contributed by atoms with Gasteiger partial charge in [0.15, 0.2) is 0 Å². The van der Waals surface area contributed by atoms with Crippen LogP contribution < -0.4 is 0 Å². The van der Waals surface area contributed by atoms with Crippen molar-refractivity contribution in [2.75, 3.05) is 6.54 Å². The van der Waals surface area contributed by atoms with Crippen LogP contribution in [0.5, 0.6) is 0 Å². The largest absolute Gasteiger partial charge is 0.481 e. The average molecular weight is 209 g/mol. The van der Waals surface area contributed by atoms with Gasteiger partial charge in [-0.2, -0.15) is 0 Å². The molecule has 1 aliphatic heterocycles. The van der Waals surface area contributed by atoms with Gasteiger partial charge >= 0.3 is 5.97 Å². The second-order valence-corrected chi connectivity index (χ2v) is 3.52. The first-order valence-corrected chi connectivity index (χ1v) is 5.01. The molecule has 0 aromatic rings. The van der Waals surface area contributed by atoms with Crippen LogP contribution in [0, 0.1) is 0 Å². The fourth-order valence-corrected chi connectivity index (χ4v) is 1.47. The summed E-state index contributed by atoms with van der Waals surface area (Å²) >= 11 is 0. The van der Waals surface area contributed by atoms with Crippen LogP contribution in [-0.2, 0) is 9.59 Å². The maximum Gasteiger partial charge on any atom is 0.303 e. The monoisotopic (exact) mass is 209 g/mol. The van der Waals surface area contributed by atoms with Crippen molar-refractivity contribution in [2.45, 2.75) is 25.7 Å². The molecule has 82 valence electrons. The van der Waals surface area contributed by atoms with Gasteiger partial charge in [0.25, 0.3) is 5.91 Å². The Bertz CT molecular complexity index is 289. The molecule has 0 saturated carbocycles. The molecule has 0 saturated heterocycles. The number of carboxylic acid groups (broad SMARTS) is 1. The van der Waals surface area contributed by atoms with Crippen molar-refractivity contribution >= 4 is 11.9 Å². The standard InChI is InChI=1S/C11H15NO3/c1-9-6-7-10(13)12(9)8-4-2-3-5-11(14)15/h6-7H,1-5,8H2,(H,14,15). The highest BCUT2D eigenvalue weighted by Gasteiger charge is 2.17. The van der Waals surface area contributed by atoms with Crippen molar-refractivity contribution in [3.8, 4) is 0 Å². The number of aliphatic carboxylic acids is 1. The zero-order chi connectivity index (χ0) is 11.3. The maximum absolute atomic E-state index is 11.2. The molecule has 1 aliphatic rings. The summed E-state index contributed by atoms with van der Waals surface area (Å²) in [5.74, 6) is -0.795. The van der Waals surface area contributed by atoms with Crippen LogP contribution in [-0.4, -0.2) is 28.4 Å². The second kappa shape index (κ2) is 5.34. The Morgan fingerprint density at radius 3 is 2.60 bits per heavy atom. The van der Waals surface area contributed by atoms with Gasteiger partial charge in [-0.05, 0) is 18.9 Å². The van der Waals surface area contributed by atoms with Gasteiger partial charge in [0.2, 0.25) is 0 Å². The van der Waals surface area contributed by atoms with Crippen LogP contribution in [0.3, 0.4) is 0 Å². The lowest BCUT2D eigenvalue weighted by Gasteiger charge is -2.16. The van der Waals surface area contributed by atoms with E-state index in [-0.39, 0.29) is 12.3 Å². The summed E-state index contributed by atoms with van der Waals surface area (Å²) in [6.45, 7) is 4.37. The molecule has 0 unspecified atom stereocenters. The quantitative estimate of drug-likeness (QED) is 0.675. The van der Waals surface area contributed by atoms with Crippen LogP contribution in [0.25, 0.3) is 0 Å². The summed E-state index contributed by atoms with van der Waals surface area (Å²) in [6.07, 6.45) is 5.70. The van der Waals surface area contributed by atoms with Gasteiger partial charge in [0, 0.05) is 24.7 Å². The van der Waals surface area contributed by atoms with E-state index in [1.807, 2.05) is 0 Å². The Labute approximate surface area is 88.9 Å². The van der Waals surface area contributed by atoms with E-state index in [0.29, 0.717) is 13.0 Å². The molecule has 0 atom stereocenters. The number of carbonyl (C=O) groups is 2. The Balaban J connectivity index is 2.13.